The molecule has 2 nitrogen and oxygen atoms in total. The summed E-state index contributed by atoms with van der Waals surface area (Å²) in [6, 6.07) is 16.0. The van der Waals surface area contributed by atoms with Crippen LogP contribution in [0.5, 0.6) is 0 Å². The van der Waals surface area contributed by atoms with E-state index < -0.39 is 5.60 Å². The molecule has 0 amide bonds. The minimum atomic E-state index is -0.660. The van der Waals surface area contributed by atoms with E-state index in [0.29, 0.717) is 0 Å². The molecule has 0 bridgehead atoms. The standard InChI is InChI=1S/C22H22O2S/c1-15-6-5-7-17(14-15)19-20(16-8-10-18(25)11-9-16)24-22(21(19)23)12-3-2-4-13-22/h5-11,14,25H,2-4,12-13H2,1H3. The molecule has 1 fully saturated rings. The van der Waals surface area contributed by atoms with Crippen molar-refractivity contribution < 1.29 is 9.53 Å². The molecule has 0 atom stereocenters. The Bertz CT molecular complexity index is 843. The lowest BCUT2D eigenvalue weighted by atomic mass is 9.79. The van der Waals surface area contributed by atoms with Gasteiger partial charge in [-0.1, -0.05) is 48.4 Å². The predicted molar refractivity (Wildman–Crippen MR) is 104 cm³/mol. The van der Waals surface area contributed by atoms with Crippen LogP contribution in [0.4, 0.5) is 0 Å². The van der Waals surface area contributed by atoms with Gasteiger partial charge in [0.2, 0.25) is 5.78 Å². The third kappa shape index (κ3) is 2.91. The van der Waals surface area contributed by atoms with Crippen molar-refractivity contribution in [2.24, 2.45) is 0 Å². The average Bonchev–Trinajstić information content (AvgIpc) is 2.89. The minimum absolute atomic E-state index is 0.155. The minimum Gasteiger partial charge on any atom is -0.478 e. The van der Waals surface area contributed by atoms with Gasteiger partial charge in [-0.2, -0.15) is 0 Å². The second-order valence-electron chi connectivity index (χ2n) is 7.11. The summed E-state index contributed by atoms with van der Waals surface area (Å²) >= 11 is 4.37. The van der Waals surface area contributed by atoms with Gasteiger partial charge in [0.1, 0.15) is 5.76 Å². The highest BCUT2D eigenvalue weighted by Gasteiger charge is 2.50. The summed E-state index contributed by atoms with van der Waals surface area (Å²) in [4.78, 5) is 14.3. The number of ketones is 1. The normalized spacial score (nSPS) is 19.4. The van der Waals surface area contributed by atoms with Crippen LogP contribution < -0.4 is 0 Å². The number of aryl methyl sites for hydroxylation is 1. The molecule has 4 rings (SSSR count). The summed E-state index contributed by atoms with van der Waals surface area (Å²) < 4.78 is 6.44. The van der Waals surface area contributed by atoms with Crippen LogP contribution in [0, 0.1) is 6.92 Å². The largest absolute Gasteiger partial charge is 0.478 e. The zero-order valence-corrected chi connectivity index (χ0v) is 15.3. The average molecular weight is 350 g/mol. The van der Waals surface area contributed by atoms with Crippen molar-refractivity contribution in [3.05, 3.63) is 65.2 Å². The second-order valence-corrected chi connectivity index (χ2v) is 7.62. The molecule has 2 aromatic rings. The van der Waals surface area contributed by atoms with E-state index in [-0.39, 0.29) is 5.78 Å². The van der Waals surface area contributed by atoms with E-state index in [4.69, 9.17) is 4.74 Å². The van der Waals surface area contributed by atoms with Gasteiger partial charge < -0.3 is 4.74 Å². The Kier molecular flexibility index (Phi) is 4.20. The quantitative estimate of drug-likeness (QED) is 0.729. The Hall–Kier alpha value is -2.00. The van der Waals surface area contributed by atoms with Gasteiger partial charge in [0.15, 0.2) is 5.60 Å². The van der Waals surface area contributed by atoms with Gasteiger partial charge in [0, 0.05) is 10.5 Å². The molecule has 3 heteroatoms. The molecule has 1 aliphatic carbocycles. The molecule has 25 heavy (non-hydrogen) atoms. The molecule has 128 valence electrons. The van der Waals surface area contributed by atoms with Crippen LogP contribution in [0.2, 0.25) is 0 Å². The van der Waals surface area contributed by atoms with Crippen molar-refractivity contribution in [3.8, 4) is 0 Å². The molecule has 1 saturated carbocycles. The number of thiol groups is 1. The van der Waals surface area contributed by atoms with Crippen molar-refractivity contribution in [3.63, 3.8) is 0 Å². The number of benzene rings is 2. The van der Waals surface area contributed by atoms with Crippen molar-refractivity contribution in [1.29, 1.82) is 0 Å². The Balaban J connectivity index is 1.86. The van der Waals surface area contributed by atoms with Crippen molar-refractivity contribution >= 4 is 29.7 Å². The van der Waals surface area contributed by atoms with E-state index in [1.165, 1.54) is 6.42 Å². The number of Topliss-reactive ketones (excluding diaryl/α,β-unsaturated/α-hetero) is 1. The van der Waals surface area contributed by atoms with Gasteiger partial charge in [-0.3, -0.25) is 4.79 Å². The van der Waals surface area contributed by atoms with Gasteiger partial charge in [0.25, 0.3) is 0 Å². The Morgan fingerprint density at radius 3 is 2.36 bits per heavy atom. The van der Waals surface area contributed by atoms with E-state index in [1.807, 2.05) is 36.4 Å². The first-order valence-electron chi connectivity index (χ1n) is 8.94. The maximum atomic E-state index is 13.4. The SMILES string of the molecule is Cc1cccc(C2=C(c3ccc(S)cc3)OC3(CCCCC3)C2=O)c1. The maximum absolute atomic E-state index is 13.4. The molecule has 2 aliphatic rings. The van der Waals surface area contributed by atoms with Crippen LogP contribution in [0.25, 0.3) is 11.3 Å². The first-order chi connectivity index (χ1) is 12.1. The maximum Gasteiger partial charge on any atom is 0.210 e. The van der Waals surface area contributed by atoms with Crippen LogP contribution >= 0.6 is 12.6 Å². The lowest BCUT2D eigenvalue weighted by Gasteiger charge is -2.32. The highest BCUT2D eigenvalue weighted by atomic mass is 32.1. The topological polar surface area (TPSA) is 26.3 Å². The van der Waals surface area contributed by atoms with E-state index in [0.717, 1.165) is 58.6 Å². The van der Waals surface area contributed by atoms with Crippen LogP contribution in [0.3, 0.4) is 0 Å². The summed E-state index contributed by atoms with van der Waals surface area (Å²) in [6.07, 6.45) is 4.91. The Labute approximate surface area is 154 Å². The van der Waals surface area contributed by atoms with E-state index >= 15 is 0 Å². The molecule has 2 aromatic carbocycles. The van der Waals surface area contributed by atoms with E-state index in [1.54, 1.807) is 0 Å². The molecule has 1 heterocycles. The molecular formula is C22H22O2S. The van der Waals surface area contributed by atoms with Gasteiger partial charge in [0.05, 0.1) is 5.57 Å². The monoisotopic (exact) mass is 350 g/mol. The van der Waals surface area contributed by atoms with Gasteiger partial charge in [-0.25, -0.2) is 0 Å². The second kappa shape index (κ2) is 6.38. The van der Waals surface area contributed by atoms with Crippen LogP contribution in [0.15, 0.2) is 53.4 Å². The molecular weight excluding hydrogens is 328 g/mol. The number of carbonyl (C=O) groups is 1. The summed E-state index contributed by atoms with van der Waals surface area (Å²) in [5, 5.41) is 0. The molecule has 0 saturated heterocycles. The fourth-order valence-corrected chi connectivity index (χ4v) is 4.10. The first kappa shape index (κ1) is 16.5. The van der Waals surface area contributed by atoms with Crippen LogP contribution in [-0.4, -0.2) is 11.4 Å². The third-order valence-electron chi connectivity index (χ3n) is 5.26. The highest BCUT2D eigenvalue weighted by molar-refractivity contribution is 7.80. The molecule has 1 spiro atoms. The van der Waals surface area contributed by atoms with Crippen LogP contribution in [-0.2, 0) is 9.53 Å². The molecule has 0 N–H and O–H groups in total. The zero-order valence-electron chi connectivity index (χ0n) is 14.4. The summed E-state index contributed by atoms with van der Waals surface area (Å²) in [5.41, 5.74) is 3.12. The molecule has 0 aromatic heterocycles. The fraction of sp³-hybridized carbons (Fsp3) is 0.318. The Morgan fingerprint density at radius 2 is 1.68 bits per heavy atom. The molecule has 0 unspecified atom stereocenters. The molecule has 1 aliphatic heterocycles. The number of ether oxygens (including phenoxy) is 1. The smallest absolute Gasteiger partial charge is 0.210 e. The van der Waals surface area contributed by atoms with E-state index in [2.05, 4.69) is 31.7 Å². The van der Waals surface area contributed by atoms with Crippen molar-refractivity contribution in [2.75, 3.05) is 0 Å². The third-order valence-corrected chi connectivity index (χ3v) is 5.56. The van der Waals surface area contributed by atoms with Crippen molar-refractivity contribution in [2.45, 2.75) is 49.5 Å². The zero-order chi connectivity index (χ0) is 17.4. The lowest BCUT2D eigenvalue weighted by Crippen LogP contribution is -2.39. The van der Waals surface area contributed by atoms with Gasteiger partial charge in [-0.05, 0) is 50.3 Å². The van der Waals surface area contributed by atoms with Gasteiger partial charge >= 0.3 is 0 Å². The Morgan fingerprint density at radius 1 is 0.960 bits per heavy atom. The summed E-state index contributed by atoms with van der Waals surface area (Å²) in [6.45, 7) is 2.05. The lowest BCUT2D eigenvalue weighted by molar-refractivity contribution is -0.130. The van der Waals surface area contributed by atoms with Crippen molar-refractivity contribution in [1.82, 2.24) is 0 Å². The van der Waals surface area contributed by atoms with Gasteiger partial charge in [-0.15, -0.1) is 12.6 Å². The fourth-order valence-electron chi connectivity index (χ4n) is 3.95. The predicted octanol–water partition coefficient (Wildman–Crippen LogP) is 5.45. The summed E-state index contributed by atoms with van der Waals surface area (Å²) in [7, 11) is 0. The number of hydrogen-bond acceptors (Lipinski definition) is 3. The van der Waals surface area contributed by atoms with E-state index in [9.17, 15) is 4.79 Å². The van der Waals surface area contributed by atoms with Crippen LogP contribution in [0.1, 0.15) is 48.8 Å². The molecule has 0 radical (unpaired) electrons. The summed E-state index contributed by atoms with van der Waals surface area (Å²) in [5.74, 6) is 0.883. The number of carbonyl (C=O) groups excluding carboxylic acids is 1. The number of hydrogen-bond donors (Lipinski definition) is 1. The highest BCUT2D eigenvalue weighted by Crippen LogP contribution is 2.47. The first-order valence-corrected chi connectivity index (χ1v) is 9.38. The number of rotatable bonds is 2.